The van der Waals surface area contributed by atoms with Crippen LogP contribution in [0.1, 0.15) is 24.4 Å². The summed E-state index contributed by atoms with van der Waals surface area (Å²) in [6.07, 6.45) is -0.558. The molecule has 0 unspecified atom stereocenters. The molecule has 2 atom stereocenters. The van der Waals surface area contributed by atoms with Crippen LogP contribution >= 0.6 is 11.6 Å². The van der Waals surface area contributed by atoms with Gasteiger partial charge in [0.25, 0.3) is 0 Å². The van der Waals surface area contributed by atoms with Gasteiger partial charge in [-0.1, -0.05) is 41.9 Å². The molecule has 1 aromatic heterocycles. The monoisotopic (exact) mass is 341 g/mol. The second-order valence-corrected chi connectivity index (χ2v) is 6.23. The molecule has 3 nitrogen and oxygen atoms in total. The minimum Gasteiger partial charge on any atom is -0.460 e. The molecule has 1 heterocycles. The molecule has 0 amide bonds. The molecule has 0 aliphatic rings. The fourth-order valence-corrected chi connectivity index (χ4v) is 2.68. The van der Waals surface area contributed by atoms with Crippen molar-refractivity contribution in [3.05, 3.63) is 83.1 Å². The summed E-state index contributed by atoms with van der Waals surface area (Å²) in [5.74, 6) is 1.63. The Hall–Kier alpha value is -2.07. The molecule has 124 valence electrons. The average molecular weight is 342 g/mol. The third kappa shape index (κ3) is 4.06. The SMILES string of the molecule is C[C@@H](NCc1ccc(-c2ccc(Cl)cc2)o1)[C@H](O)c1ccccc1. The summed E-state index contributed by atoms with van der Waals surface area (Å²) in [6, 6.07) is 21.0. The molecule has 2 aromatic carbocycles. The number of aliphatic hydroxyl groups excluding tert-OH is 1. The smallest absolute Gasteiger partial charge is 0.134 e. The van der Waals surface area contributed by atoms with Crippen LogP contribution in [-0.2, 0) is 6.54 Å². The van der Waals surface area contributed by atoms with Gasteiger partial charge < -0.3 is 14.8 Å². The second-order valence-electron chi connectivity index (χ2n) is 5.80. The first-order valence-corrected chi connectivity index (χ1v) is 8.32. The Kier molecular flexibility index (Phi) is 5.36. The fourth-order valence-electron chi connectivity index (χ4n) is 2.55. The fraction of sp³-hybridized carbons (Fsp3) is 0.200. The predicted octanol–water partition coefficient (Wildman–Crippen LogP) is 4.81. The molecule has 2 N–H and O–H groups in total. The molecule has 24 heavy (non-hydrogen) atoms. The lowest BCUT2D eigenvalue weighted by atomic mass is 10.0. The number of furan rings is 1. The molecular weight excluding hydrogens is 322 g/mol. The van der Waals surface area contributed by atoms with Gasteiger partial charge in [-0.25, -0.2) is 0 Å². The molecule has 0 aliphatic carbocycles. The van der Waals surface area contributed by atoms with Crippen molar-refractivity contribution in [1.82, 2.24) is 5.32 Å². The van der Waals surface area contributed by atoms with Crippen molar-refractivity contribution in [2.75, 3.05) is 0 Å². The molecule has 0 radical (unpaired) electrons. The Morgan fingerprint density at radius 1 is 1.00 bits per heavy atom. The Balaban J connectivity index is 1.60. The second kappa shape index (κ2) is 7.67. The zero-order chi connectivity index (χ0) is 16.9. The van der Waals surface area contributed by atoms with Crippen LogP contribution in [0, 0.1) is 0 Å². The van der Waals surface area contributed by atoms with Gasteiger partial charge in [0.2, 0.25) is 0 Å². The summed E-state index contributed by atoms with van der Waals surface area (Å²) < 4.78 is 5.86. The van der Waals surface area contributed by atoms with Gasteiger partial charge in [0.1, 0.15) is 11.5 Å². The van der Waals surface area contributed by atoms with Crippen molar-refractivity contribution in [2.24, 2.45) is 0 Å². The van der Waals surface area contributed by atoms with Crippen molar-refractivity contribution in [2.45, 2.75) is 25.6 Å². The summed E-state index contributed by atoms with van der Waals surface area (Å²) in [4.78, 5) is 0. The predicted molar refractivity (Wildman–Crippen MR) is 96.9 cm³/mol. The van der Waals surface area contributed by atoms with Crippen LogP contribution < -0.4 is 5.32 Å². The number of halogens is 1. The molecule has 4 heteroatoms. The summed E-state index contributed by atoms with van der Waals surface area (Å²) in [5, 5.41) is 14.4. The van der Waals surface area contributed by atoms with Gasteiger partial charge in [0.05, 0.1) is 12.6 Å². The van der Waals surface area contributed by atoms with Crippen LogP contribution in [0.4, 0.5) is 0 Å². The van der Waals surface area contributed by atoms with Crippen molar-refractivity contribution >= 4 is 11.6 Å². The highest BCUT2D eigenvalue weighted by molar-refractivity contribution is 6.30. The van der Waals surface area contributed by atoms with E-state index in [2.05, 4.69) is 5.32 Å². The van der Waals surface area contributed by atoms with Gasteiger partial charge >= 0.3 is 0 Å². The number of hydrogen-bond acceptors (Lipinski definition) is 3. The first kappa shape index (κ1) is 16.8. The number of hydrogen-bond donors (Lipinski definition) is 2. The van der Waals surface area contributed by atoms with Crippen LogP contribution in [0.25, 0.3) is 11.3 Å². The first-order chi connectivity index (χ1) is 11.6. The van der Waals surface area contributed by atoms with Crippen LogP contribution in [0.15, 0.2) is 71.1 Å². The minimum absolute atomic E-state index is 0.0866. The van der Waals surface area contributed by atoms with Gasteiger partial charge in [0, 0.05) is 16.6 Å². The van der Waals surface area contributed by atoms with E-state index in [4.69, 9.17) is 16.0 Å². The maximum Gasteiger partial charge on any atom is 0.134 e. The number of nitrogens with one attached hydrogen (secondary N) is 1. The molecule has 0 saturated heterocycles. The maximum atomic E-state index is 10.4. The van der Waals surface area contributed by atoms with E-state index in [0.717, 1.165) is 22.6 Å². The number of benzene rings is 2. The topological polar surface area (TPSA) is 45.4 Å². The lowest BCUT2D eigenvalue weighted by Gasteiger charge is -2.20. The minimum atomic E-state index is -0.558. The lowest BCUT2D eigenvalue weighted by molar-refractivity contribution is 0.134. The Morgan fingerprint density at radius 2 is 1.71 bits per heavy atom. The molecule has 0 fully saturated rings. The zero-order valence-electron chi connectivity index (χ0n) is 13.4. The summed E-state index contributed by atoms with van der Waals surface area (Å²) in [6.45, 7) is 2.51. The molecule has 0 bridgehead atoms. The van der Waals surface area contributed by atoms with Crippen molar-refractivity contribution in [3.63, 3.8) is 0 Å². The van der Waals surface area contributed by atoms with Crippen molar-refractivity contribution in [1.29, 1.82) is 0 Å². The zero-order valence-corrected chi connectivity index (χ0v) is 14.2. The summed E-state index contributed by atoms with van der Waals surface area (Å²) >= 11 is 5.90. The van der Waals surface area contributed by atoms with Crippen molar-refractivity contribution < 1.29 is 9.52 Å². The maximum absolute atomic E-state index is 10.4. The Bertz CT molecular complexity index is 768. The molecule has 0 saturated carbocycles. The first-order valence-electron chi connectivity index (χ1n) is 7.94. The van der Waals surface area contributed by atoms with E-state index in [1.54, 1.807) is 0 Å². The van der Waals surface area contributed by atoms with Gasteiger partial charge in [-0.05, 0) is 48.9 Å². The normalized spacial score (nSPS) is 13.6. The van der Waals surface area contributed by atoms with E-state index in [1.165, 1.54) is 0 Å². The molecular formula is C20H20ClNO2. The van der Waals surface area contributed by atoms with E-state index >= 15 is 0 Å². The Morgan fingerprint density at radius 3 is 2.42 bits per heavy atom. The number of aliphatic hydroxyl groups is 1. The Labute approximate surface area is 146 Å². The standard InChI is InChI=1S/C20H20ClNO2/c1-14(20(23)16-5-3-2-4-6-16)22-13-18-11-12-19(24-18)15-7-9-17(21)10-8-15/h2-12,14,20,22-23H,13H2,1H3/t14-,20+/m1/s1. The van der Waals surface area contributed by atoms with E-state index in [9.17, 15) is 5.11 Å². The van der Waals surface area contributed by atoms with Crippen LogP contribution in [-0.4, -0.2) is 11.1 Å². The molecule has 0 aliphatic heterocycles. The van der Waals surface area contributed by atoms with Crippen LogP contribution in [0.2, 0.25) is 5.02 Å². The highest BCUT2D eigenvalue weighted by Gasteiger charge is 2.16. The van der Waals surface area contributed by atoms with Crippen LogP contribution in [0.5, 0.6) is 0 Å². The van der Waals surface area contributed by atoms with Gasteiger partial charge in [-0.2, -0.15) is 0 Å². The van der Waals surface area contributed by atoms with Crippen LogP contribution in [0.3, 0.4) is 0 Å². The quantitative estimate of drug-likeness (QED) is 0.676. The van der Waals surface area contributed by atoms with E-state index in [0.29, 0.717) is 11.6 Å². The van der Waals surface area contributed by atoms with E-state index in [1.807, 2.05) is 73.7 Å². The largest absolute Gasteiger partial charge is 0.460 e. The molecule has 3 rings (SSSR count). The summed E-state index contributed by atoms with van der Waals surface area (Å²) in [5.41, 5.74) is 1.89. The third-order valence-electron chi connectivity index (χ3n) is 4.00. The molecule has 3 aromatic rings. The average Bonchev–Trinajstić information content (AvgIpc) is 3.09. The van der Waals surface area contributed by atoms with E-state index in [-0.39, 0.29) is 6.04 Å². The summed E-state index contributed by atoms with van der Waals surface area (Å²) in [7, 11) is 0. The lowest BCUT2D eigenvalue weighted by Crippen LogP contribution is -2.31. The number of rotatable bonds is 6. The van der Waals surface area contributed by atoms with Crippen molar-refractivity contribution in [3.8, 4) is 11.3 Å². The van der Waals surface area contributed by atoms with E-state index < -0.39 is 6.10 Å². The van der Waals surface area contributed by atoms with Gasteiger partial charge in [-0.15, -0.1) is 0 Å². The van der Waals surface area contributed by atoms with Gasteiger partial charge in [0.15, 0.2) is 0 Å². The van der Waals surface area contributed by atoms with Gasteiger partial charge in [-0.3, -0.25) is 0 Å². The highest BCUT2D eigenvalue weighted by Crippen LogP contribution is 2.24. The third-order valence-corrected chi connectivity index (χ3v) is 4.26. The highest BCUT2D eigenvalue weighted by atomic mass is 35.5. The molecule has 0 spiro atoms.